The summed E-state index contributed by atoms with van der Waals surface area (Å²) in [6.45, 7) is 22.3. The predicted molar refractivity (Wildman–Crippen MR) is 104 cm³/mol. The fourth-order valence-electron chi connectivity index (χ4n) is 2.31. The van der Waals surface area contributed by atoms with Crippen LogP contribution in [0.1, 0.15) is 13.3 Å². The quantitative estimate of drug-likeness (QED) is 0.231. The van der Waals surface area contributed by atoms with E-state index in [1.807, 2.05) is 0 Å². The number of ether oxygens (including phenoxy) is 1. The van der Waals surface area contributed by atoms with Crippen molar-refractivity contribution in [1.29, 1.82) is 0 Å². The fraction of sp³-hybridized carbons (Fsp3) is 0.812. The zero-order valence-corrected chi connectivity index (χ0v) is 19.0. The normalized spacial score (nSPS) is 13.1. The lowest BCUT2D eigenvalue weighted by molar-refractivity contribution is -0.138. The number of hydrogen-bond donors (Lipinski definition) is 0. The summed E-state index contributed by atoms with van der Waals surface area (Å²) in [6, 6.07) is 3.66. The Balaban J connectivity index is 4.21. The fourth-order valence-corrected chi connectivity index (χ4v) is 15.5. The van der Waals surface area contributed by atoms with E-state index in [2.05, 4.69) is 52.4 Å². The summed E-state index contributed by atoms with van der Waals surface area (Å²) in [5.41, 5.74) is 0.465. The number of carbonyl (C=O) groups is 1. The summed E-state index contributed by atoms with van der Waals surface area (Å²) in [6.07, 6.45) is 0.886. The highest BCUT2D eigenvalue weighted by Gasteiger charge is 2.33. The lowest BCUT2D eigenvalue weighted by Crippen LogP contribution is -2.45. The van der Waals surface area contributed by atoms with Gasteiger partial charge in [-0.05, 0) is 51.6 Å². The van der Waals surface area contributed by atoms with Gasteiger partial charge in [0, 0.05) is 13.6 Å². The molecule has 0 unspecified atom stereocenters. The molecule has 0 amide bonds. The standard InChI is InChI=1S/C16H36O3Si3/c1-15(2)16(17)18-11-10-12-21(6,7)19-22(8,9)14-13-20(3,4)5/h1,10-14H2,2-9H3. The molecule has 0 bridgehead atoms. The summed E-state index contributed by atoms with van der Waals surface area (Å²) in [5, 5.41) is 0. The van der Waals surface area contributed by atoms with Crippen LogP contribution in [0.2, 0.25) is 64.0 Å². The van der Waals surface area contributed by atoms with Gasteiger partial charge in [0.25, 0.3) is 0 Å². The van der Waals surface area contributed by atoms with Gasteiger partial charge in [-0.1, -0.05) is 32.3 Å². The maximum atomic E-state index is 11.3. The van der Waals surface area contributed by atoms with Gasteiger partial charge in [0.05, 0.1) is 6.61 Å². The average Bonchev–Trinajstić information content (AvgIpc) is 2.30. The molecule has 0 aliphatic carbocycles. The van der Waals surface area contributed by atoms with Gasteiger partial charge in [0.2, 0.25) is 0 Å². The molecule has 0 saturated carbocycles. The minimum absolute atomic E-state index is 0.287. The lowest BCUT2D eigenvalue weighted by Gasteiger charge is -2.35. The first-order valence-corrected chi connectivity index (χ1v) is 18.2. The van der Waals surface area contributed by atoms with Crippen molar-refractivity contribution < 1.29 is 13.6 Å². The summed E-state index contributed by atoms with van der Waals surface area (Å²) < 4.78 is 11.8. The van der Waals surface area contributed by atoms with Crippen LogP contribution in [0.4, 0.5) is 0 Å². The van der Waals surface area contributed by atoms with Crippen molar-refractivity contribution >= 4 is 30.7 Å². The first-order valence-electron chi connectivity index (χ1n) is 8.27. The van der Waals surface area contributed by atoms with Gasteiger partial charge >= 0.3 is 5.97 Å². The van der Waals surface area contributed by atoms with Gasteiger partial charge in [0.15, 0.2) is 16.6 Å². The average molecular weight is 361 g/mol. The number of carbonyl (C=O) groups excluding carboxylic acids is 1. The van der Waals surface area contributed by atoms with Crippen LogP contribution >= 0.6 is 0 Å². The van der Waals surface area contributed by atoms with E-state index in [-0.39, 0.29) is 5.97 Å². The van der Waals surface area contributed by atoms with Crippen molar-refractivity contribution in [3.05, 3.63) is 12.2 Å². The van der Waals surface area contributed by atoms with Crippen molar-refractivity contribution in [1.82, 2.24) is 0 Å². The lowest BCUT2D eigenvalue weighted by atomic mass is 10.4. The molecule has 0 aliphatic rings. The van der Waals surface area contributed by atoms with E-state index in [0.29, 0.717) is 12.2 Å². The zero-order chi connectivity index (χ0) is 17.6. The Hall–Kier alpha value is -0.179. The summed E-state index contributed by atoms with van der Waals surface area (Å²) >= 11 is 0. The van der Waals surface area contributed by atoms with Crippen LogP contribution in [0.25, 0.3) is 0 Å². The largest absolute Gasteiger partial charge is 0.462 e. The second-order valence-electron chi connectivity index (χ2n) is 8.70. The third-order valence-corrected chi connectivity index (χ3v) is 13.2. The minimum atomic E-state index is -1.67. The van der Waals surface area contributed by atoms with Crippen LogP contribution < -0.4 is 0 Å². The van der Waals surface area contributed by atoms with Gasteiger partial charge in [-0.2, -0.15) is 0 Å². The topological polar surface area (TPSA) is 35.5 Å². The first kappa shape index (κ1) is 21.8. The Kier molecular flexibility index (Phi) is 8.54. The summed E-state index contributed by atoms with van der Waals surface area (Å²) in [5.74, 6) is -0.287. The van der Waals surface area contributed by atoms with Crippen LogP contribution in [0.5, 0.6) is 0 Å². The molecule has 0 aromatic heterocycles. The van der Waals surface area contributed by atoms with E-state index in [4.69, 9.17) is 8.85 Å². The van der Waals surface area contributed by atoms with Gasteiger partial charge in [-0.15, -0.1) is 0 Å². The van der Waals surface area contributed by atoms with Gasteiger partial charge in [-0.3, -0.25) is 0 Å². The van der Waals surface area contributed by atoms with Crippen molar-refractivity contribution in [3.63, 3.8) is 0 Å². The molecular formula is C16H36O3Si3. The Morgan fingerprint density at radius 3 is 1.86 bits per heavy atom. The molecule has 0 saturated heterocycles. The summed E-state index contributed by atoms with van der Waals surface area (Å²) in [4.78, 5) is 11.3. The second-order valence-corrected chi connectivity index (χ2v) is 23.2. The molecule has 130 valence electrons. The molecule has 3 nitrogen and oxygen atoms in total. The Labute approximate surface area is 140 Å². The minimum Gasteiger partial charge on any atom is -0.462 e. The number of rotatable bonds is 10. The molecule has 22 heavy (non-hydrogen) atoms. The molecular weight excluding hydrogens is 324 g/mol. The summed E-state index contributed by atoms with van der Waals surface area (Å²) in [7, 11) is -4.24. The zero-order valence-electron chi connectivity index (χ0n) is 16.0. The molecule has 0 radical (unpaired) electrons. The third-order valence-electron chi connectivity index (χ3n) is 3.53. The first-order chi connectivity index (χ1) is 9.74. The van der Waals surface area contributed by atoms with Crippen molar-refractivity contribution in [3.8, 4) is 0 Å². The molecule has 0 aliphatic heterocycles. The van der Waals surface area contributed by atoms with E-state index < -0.39 is 24.7 Å². The van der Waals surface area contributed by atoms with Crippen molar-refractivity contribution in [2.45, 2.75) is 77.3 Å². The number of hydrogen-bond acceptors (Lipinski definition) is 3. The Morgan fingerprint density at radius 2 is 1.41 bits per heavy atom. The Morgan fingerprint density at radius 1 is 0.909 bits per heavy atom. The van der Waals surface area contributed by atoms with Crippen LogP contribution in [0.3, 0.4) is 0 Å². The van der Waals surface area contributed by atoms with E-state index in [1.54, 1.807) is 6.92 Å². The molecule has 0 fully saturated rings. The SMILES string of the molecule is C=C(C)C(=O)OCCC[Si](C)(C)O[Si](C)(C)CC[Si](C)(C)C. The number of esters is 1. The van der Waals surface area contributed by atoms with E-state index >= 15 is 0 Å². The highest BCUT2D eigenvalue weighted by atomic mass is 28.4. The molecule has 0 heterocycles. The maximum Gasteiger partial charge on any atom is 0.333 e. The maximum absolute atomic E-state index is 11.3. The van der Waals surface area contributed by atoms with Crippen molar-refractivity contribution in [2.24, 2.45) is 0 Å². The molecule has 0 aromatic rings. The van der Waals surface area contributed by atoms with Gasteiger partial charge in [0.1, 0.15) is 0 Å². The van der Waals surface area contributed by atoms with Crippen molar-refractivity contribution in [2.75, 3.05) is 6.61 Å². The van der Waals surface area contributed by atoms with Crippen LogP contribution in [0, 0.1) is 0 Å². The monoisotopic (exact) mass is 360 g/mol. The van der Waals surface area contributed by atoms with Gasteiger partial charge in [-0.25, -0.2) is 4.79 Å². The second kappa shape index (κ2) is 8.61. The smallest absolute Gasteiger partial charge is 0.333 e. The molecule has 0 N–H and O–H groups in total. The Bertz CT molecular complexity index is 385. The van der Waals surface area contributed by atoms with E-state index in [1.165, 1.54) is 12.1 Å². The van der Waals surface area contributed by atoms with Crippen LogP contribution in [-0.4, -0.2) is 37.3 Å². The molecule has 6 heteroatoms. The van der Waals surface area contributed by atoms with Crippen LogP contribution in [0.15, 0.2) is 12.2 Å². The highest BCUT2D eigenvalue weighted by molar-refractivity contribution is 6.86. The third kappa shape index (κ3) is 11.4. The molecule has 0 rings (SSSR count). The predicted octanol–water partition coefficient (Wildman–Crippen LogP) is 5.26. The van der Waals surface area contributed by atoms with E-state index in [9.17, 15) is 4.79 Å². The highest BCUT2D eigenvalue weighted by Crippen LogP contribution is 2.26. The molecule has 0 atom stereocenters. The van der Waals surface area contributed by atoms with Gasteiger partial charge < -0.3 is 8.85 Å². The van der Waals surface area contributed by atoms with Crippen LogP contribution in [-0.2, 0) is 13.6 Å². The molecule has 0 aromatic carbocycles. The van der Waals surface area contributed by atoms with E-state index in [0.717, 1.165) is 12.5 Å². The molecule has 0 spiro atoms.